The molecule has 1 aliphatic heterocycles. The van der Waals surface area contributed by atoms with Gasteiger partial charge in [-0.2, -0.15) is 0 Å². The average Bonchev–Trinajstić information content (AvgIpc) is 2.63. The van der Waals surface area contributed by atoms with E-state index in [1.54, 1.807) is 18.7 Å². The maximum atomic E-state index is 11.2. The van der Waals surface area contributed by atoms with Crippen LogP contribution in [0.4, 0.5) is 0 Å². The van der Waals surface area contributed by atoms with Crippen LogP contribution in [-0.4, -0.2) is 36.1 Å². The average molecular weight is 244 g/mol. The summed E-state index contributed by atoms with van der Waals surface area (Å²) >= 11 is 1.73. The summed E-state index contributed by atoms with van der Waals surface area (Å²) in [6, 6.07) is -0.325. The number of thioether (sulfide) groups is 1. The first kappa shape index (κ1) is 13.4. The van der Waals surface area contributed by atoms with Crippen LogP contribution in [0.25, 0.3) is 0 Å². The summed E-state index contributed by atoms with van der Waals surface area (Å²) in [4.78, 5) is 15.6. The van der Waals surface area contributed by atoms with Crippen molar-refractivity contribution in [1.29, 1.82) is 0 Å². The van der Waals surface area contributed by atoms with E-state index in [4.69, 9.17) is 0 Å². The second-order valence-electron chi connectivity index (χ2n) is 4.40. The Morgan fingerprint density at radius 3 is 2.88 bits per heavy atom. The van der Waals surface area contributed by atoms with Crippen LogP contribution >= 0.6 is 11.8 Å². The predicted molar refractivity (Wildman–Crippen MR) is 67.7 cm³/mol. The second kappa shape index (κ2) is 6.13. The molecule has 0 amide bonds. The Kier molecular flexibility index (Phi) is 5.12. The van der Waals surface area contributed by atoms with Gasteiger partial charge in [-0.1, -0.05) is 25.6 Å². The lowest BCUT2D eigenvalue weighted by Gasteiger charge is -2.14. The Labute approximate surface area is 101 Å². The first-order chi connectivity index (χ1) is 7.52. The minimum atomic E-state index is -0.325. The lowest BCUT2D eigenvalue weighted by Crippen LogP contribution is -2.37. The number of carbonyl (C=O) groups excluding carboxylic acids is 1. The van der Waals surface area contributed by atoms with E-state index in [0.717, 1.165) is 18.1 Å². The number of aliphatic imine (C=N–C) groups is 1. The highest BCUT2D eigenvalue weighted by atomic mass is 32.2. The quantitative estimate of drug-likeness (QED) is 0.764. The number of hydrogen-bond acceptors (Lipinski definition) is 5. The predicted octanol–water partition coefficient (Wildman–Crippen LogP) is 1.65. The van der Waals surface area contributed by atoms with Gasteiger partial charge in [0, 0.05) is 5.25 Å². The summed E-state index contributed by atoms with van der Waals surface area (Å²) in [6.45, 7) is 7.05. The van der Waals surface area contributed by atoms with Crippen molar-refractivity contribution in [2.24, 2.45) is 10.9 Å². The van der Waals surface area contributed by atoms with Crippen LogP contribution in [0.2, 0.25) is 0 Å². The molecule has 0 radical (unpaired) electrons. The van der Waals surface area contributed by atoms with Crippen molar-refractivity contribution < 1.29 is 9.53 Å². The van der Waals surface area contributed by atoms with E-state index in [2.05, 4.69) is 28.9 Å². The molecule has 0 spiro atoms. The topological polar surface area (TPSA) is 50.7 Å². The van der Waals surface area contributed by atoms with E-state index in [0.29, 0.717) is 11.2 Å². The Morgan fingerprint density at radius 1 is 1.62 bits per heavy atom. The highest BCUT2D eigenvalue weighted by Crippen LogP contribution is 2.25. The minimum absolute atomic E-state index is 0.254. The fraction of sp³-hybridized carbons (Fsp3) is 0.818. The zero-order valence-corrected chi connectivity index (χ0v) is 11.1. The molecule has 1 N–H and O–H groups in total. The maximum Gasteiger partial charge on any atom is 0.328 e. The van der Waals surface area contributed by atoms with E-state index < -0.39 is 0 Å². The summed E-state index contributed by atoms with van der Waals surface area (Å²) in [6.07, 6.45) is 1.16. The first-order valence-corrected chi connectivity index (χ1v) is 6.46. The molecule has 4 nitrogen and oxygen atoms in total. The number of nitrogens with zero attached hydrogens (tertiary/aromatic N) is 1. The van der Waals surface area contributed by atoms with Crippen LogP contribution in [0, 0.1) is 5.92 Å². The molecule has 0 aromatic carbocycles. The van der Waals surface area contributed by atoms with Crippen molar-refractivity contribution in [3.8, 4) is 0 Å². The van der Waals surface area contributed by atoms with Crippen LogP contribution < -0.4 is 5.32 Å². The van der Waals surface area contributed by atoms with Gasteiger partial charge >= 0.3 is 5.97 Å². The monoisotopic (exact) mass is 244 g/mol. The van der Waals surface area contributed by atoms with Crippen molar-refractivity contribution in [3.63, 3.8) is 0 Å². The number of rotatable bonds is 4. The summed E-state index contributed by atoms with van der Waals surface area (Å²) in [7, 11) is 1.39. The Hall–Kier alpha value is -0.710. The van der Waals surface area contributed by atoms with Gasteiger partial charge in [0.15, 0.2) is 5.17 Å². The normalized spacial score (nSPS) is 21.8. The third kappa shape index (κ3) is 4.04. The van der Waals surface area contributed by atoms with Crippen molar-refractivity contribution in [2.75, 3.05) is 13.7 Å². The molecule has 0 saturated heterocycles. The van der Waals surface area contributed by atoms with E-state index >= 15 is 0 Å². The van der Waals surface area contributed by atoms with Gasteiger partial charge in [-0.15, -0.1) is 0 Å². The molecule has 0 aromatic heterocycles. The fourth-order valence-electron chi connectivity index (χ4n) is 1.57. The first-order valence-electron chi connectivity index (χ1n) is 5.58. The van der Waals surface area contributed by atoms with Crippen LogP contribution in [0.1, 0.15) is 27.2 Å². The molecule has 92 valence electrons. The Morgan fingerprint density at radius 2 is 2.31 bits per heavy atom. The highest BCUT2D eigenvalue weighted by Gasteiger charge is 2.23. The number of methoxy groups -OCH3 is 1. The number of amidine groups is 1. The molecular formula is C11H20N2O2S. The summed E-state index contributed by atoms with van der Waals surface area (Å²) in [5.41, 5.74) is 0. The maximum absolute atomic E-state index is 11.2. The molecule has 0 aliphatic carbocycles. The van der Waals surface area contributed by atoms with Gasteiger partial charge in [0.05, 0.1) is 13.7 Å². The van der Waals surface area contributed by atoms with Crippen LogP contribution in [0.15, 0.2) is 4.99 Å². The van der Waals surface area contributed by atoms with E-state index in [-0.39, 0.29) is 12.0 Å². The molecule has 16 heavy (non-hydrogen) atoms. The largest absolute Gasteiger partial charge is 0.467 e. The highest BCUT2D eigenvalue weighted by molar-refractivity contribution is 8.14. The van der Waals surface area contributed by atoms with Crippen LogP contribution in [0.3, 0.4) is 0 Å². The van der Waals surface area contributed by atoms with E-state index in [1.807, 2.05) is 0 Å². The summed E-state index contributed by atoms with van der Waals surface area (Å²) in [5, 5.41) is 4.48. The standard InChI is InChI=1S/C11H20N2O2S/c1-7(2)5-9-6-12-11(16-9)13-8(3)10(14)15-4/h7-9H,5-6H2,1-4H3,(H,12,13). The molecule has 0 saturated carbocycles. The molecule has 2 unspecified atom stereocenters. The number of carbonyl (C=O) groups is 1. The zero-order chi connectivity index (χ0) is 12.1. The van der Waals surface area contributed by atoms with Crippen molar-refractivity contribution in [1.82, 2.24) is 5.32 Å². The van der Waals surface area contributed by atoms with Gasteiger partial charge in [0.25, 0.3) is 0 Å². The smallest absolute Gasteiger partial charge is 0.328 e. The van der Waals surface area contributed by atoms with E-state index in [9.17, 15) is 4.79 Å². The third-order valence-electron chi connectivity index (χ3n) is 2.35. The van der Waals surface area contributed by atoms with Gasteiger partial charge in [-0.3, -0.25) is 4.99 Å². The molecule has 1 aliphatic rings. The minimum Gasteiger partial charge on any atom is -0.467 e. The number of ether oxygens (including phenoxy) is 1. The van der Waals surface area contributed by atoms with Gasteiger partial charge in [-0.25, -0.2) is 4.79 Å². The lowest BCUT2D eigenvalue weighted by molar-refractivity contribution is -0.142. The molecule has 5 heteroatoms. The SMILES string of the molecule is COC(=O)C(C)NC1=NCC(CC(C)C)S1. The number of hydrogen-bond donors (Lipinski definition) is 1. The molecule has 1 rings (SSSR count). The van der Waals surface area contributed by atoms with Crippen molar-refractivity contribution in [2.45, 2.75) is 38.5 Å². The molecule has 1 heterocycles. The third-order valence-corrected chi connectivity index (χ3v) is 3.49. The van der Waals surface area contributed by atoms with Gasteiger partial charge in [0.2, 0.25) is 0 Å². The molecule has 0 fully saturated rings. The molecule has 0 aromatic rings. The number of nitrogens with one attached hydrogen (secondary N) is 1. The van der Waals surface area contributed by atoms with Gasteiger partial charge < -0.3 is 10.1 Å². The van der Waals surface area contributed by atoms with Crippen molar-refractivity contribution >= 4 is 22.9 Å². The fourth-order valence-corrected chi connectivity index (χ4v) is 2.91. The molecule has 0 bridgehead atoms. The summed E-state index contributed by atoms with van der Waals surface area (Å²) in [5.74, 6) is 0.431. The summed E-state index contributed by atoms with van der Waals surface area (Å²) < 4.78 is 4.65. The van der Waals surface area contributed by atoms with Crippen LogP contribution in [0.5, 0.6) is 0 Å². The van der Waals surface area contributed by atoms with Gasteiger partial charge in [-0.05, 0) is 19.3 Å². The lowest BCUT2D eigenvalue weighted by atomic mass is 10.1. The Balaban J connectivity index is 2.33. The van der Waals surface area contributed by atoms with Crippen LogP contribution in [-0.2, 0) is 9.53 Å². The van der Waals surface area contributed by atoms with E-state index in [1.165, 1.54) is 7.11 Å². The van der Waals surface area contributed by atoms with Crippen molar-refractivity contribution in [3.05, 3.63) is 0 Å². The zero-order valence-electron chi connectivity index (χ0n) is 10.3. The number of esters is 1. The molecular weight excluding hydrogens is 224 g/mol. The Bertz CT molecular complexity index is 279. The van der Waals surface area contributed by atoms with Gasteiger partial charge in [0.1, 0.15) is 6.04 Å². The molecule has 2 atom stereocenters. The second-order valence-corrected chi connectivity index (χ2v) is 5.69.